The third-order valence-electron chi connectivity index (χ3n) is 11.2. The van der Waals surface area contributed by atoms with Crippen LogP contribution in [0.5, 0.6) is 11.5 Å². The van der Waals surface area contributed by atoms with E-state index >= 15 is 0 Å². The molecule has 0 unspecified atom stereocenters. The van der Waals surface area contributed by atoms with Crippen molar-refractivity contribution >= 4 is 84.0 Å². The van der Waals surface area contributed by atoms with E-state index in [0.29, 0.717) is 36.1 Å². The van der Waals surface area contributed by atoms with Gasteiger partial charge in [-0.1, -0.05) is 185 Å². The number of hydrogen-bond acceptors (Lipinski definition) is 4. The molecule has 8 rings (SSSR count). The van der Waals surface area contributed by atoms with Crippen LogP contribution in [0.4, 0.5) is 0 Å². The van der Waals surface area contributed by atoms with E-state index in [0.717, 1.165) is 32.7 Å². The van der Waals surface area contributed by atoms with Gasteiger partial charge >= 0.3 is 0 Å². The molecule has 0 heterocycles. The van der Waals surface area contributed by atoms with E-state index in [4.69, 9.17) is 9.05 Å². The number of hydrogen-bond donors (Lipinski definition) is 0. The summed E-state index contributed by atoms with van der Waals surface area (Å²) in [7, 11) is -7.76. The Labute approximate surface area is 357 Å². The second kappa shape index (κ2) is 18.4. The summed E-state index contributed by atoms with van der Waals surface area (Å²) in [5, 5.41) is 11.7. The van der Waals surface area contributed by atoms with Gasteiger partial charge in [0.2, 0.25) is 14.7 Å². The lowest BCUT2D eigenvalue weighted by Crippen LogP contribution is -2.26. The minimum Gasteiger partial charge on any atom is -0.443 e. The molecule has 0 bridgehead atoms. The fourth-order valence-electron chi connectivity index (χ4n) is 7.86. The fourth-order valence-corrected chi connectivity index (χ4v) is 15.2. The first kappa shape index (κ1) is 41.9. The maximum absolute atomic E-state index is 13.6. The highest BCUT2D eigenvalue weighted by molar-refractivity contribution is 7.81. The van der Waals surface area contributed by atoms with Crippen molar-refractivity contribution < 1.29 is 18.2 Å². The molecule has 0 radical (unpaired) electrons. The average Bonchev–Trinajstić information content (AvgIpc) is 3.30. The van der Waals surface area contributed by atoms with Crippen LogP contribution in [0.15, 0.2) is 182 Å². The lowest BCUT2D eigenvalue weighted by molar-refractivity contribution is 0.483. The van der Waals surface area contributed by atoms with Crippen molar-refractivity contribution in [1.29, 1.82) is 0 Å². The molecule has 0 N–H and O–H groups in total. The summed E-state index contributed by atoms with van der Waals surface area (Å²) >= 11 is 0. The Hall–Kier alpha value is -4.80. The first-order valence-electron chi connectivity index (χ1n) is 20.8. The average molecular weight is 863 g/mol. The molecule has 60 heavy (non-hydrogen) atoms. The maximum Gasteiger partial charge on any atom is 0.247 e. The van der Waals surface area contributed by atoms with E-state index in [9.17, 15) is 9.13 Å². The van der Waals surface area contributed by atoms with E-state index in [1.54, 1.807) is 0 Å². The molecule has 0 aromatic heterocycles. The van der Waals surface area contributed by atoms with Crippen LogP contribution < -0.4 is 40.9 Å². The Balaban J connectivity index is 1.51. The van der Waals surface area contributed by atoms with Gasteiger partial charge in [-0.05, 0) is 105 Å². The molecule has 0 atom stereocenters. The summed E-state index contributed by atoms with van der Waals surface area (Å²) in [5.74, 6) is 1.24. The fraction of sp³-hybridized carbons (Fsp3) is 0.154. The van der Waals surface area contributed by atoms with Gasteiger partial charge in [-0.2, -0.15) is 0 Å². The third kappa shape index (κ3) is 8.68. The maximum atomic E-state index is 13.6. The Morgan fingerprint density at radius 2 is 0.683 bits per heavy atom. The van der Waals surface area contributed by atoms with Crippen LogP contribution in [-0.4, -0.2) is 24.6 Å². The van der Waals surface area contributed by atoms with Crippen LogP contribution in [-0.2, 0) is 9.13 Å². The van der Waals surface area contributed by atoms with Gasteiger partial charge in [0, 0.05) is 24.6 Å². The highest BCUT2D eigenvalue weighted by Crippen LogP contribution is 2.50. The Bertz CT molecular complexity index is 2540. The van der Waals surface area contributed by atoms with Gasteiger partial charge in [0.25, 0.3) is 0 Å². The van der Waals surface area contributed by atoms with E-state index in [1.807, 2.05) is 39.8 Å². The van der Waals surface area contributed by atoms with Gasteiger partial charge in [0.15, 0.2) is 0 Å². The highest BCUT2D eigenvalue weighted by atomic mass is 31.2. The molecule has 8 aromatic carbocycles. The number of rotatable bonds is 15. The molecule has 0 spiro atoms. The molecule has 8 aromatic rings. The van der Waals surface area contributed by atoms with Crippen LogP contribution in [0, 0.1) is 0 Å². The molecule has 0 saturated carbocycles. The topological polar surface area (TPSA) is 52.6 Å². The van der Waals surface area contributed by atoms with Crippen molar-refractivity contribution in [2.24, 2.45) is 0 Å². The largest absolute Gasteiger partial charge is 0.443 e. The smallest absolute Gasteiger partial charge is 0.247 e. The normalized spacial score (nSPS) is 12.0. The van der Waals surface area contributed by atoms with Crippen molar-refractivity contribution in [3.05, 3.63) is 182 Å². The zero-order valence-electron chi connectivity index (χ0n) is 34.6. The van der Waals surface area contributed by atoms with Crippen LogP contribution in [0.1, 0.15) is 27.7 Å². The monoisotopic (exact) mass is 862 g/mol. The molecular formula is C52H50O4P4. The molecule has 4 nitrogen and oxygen atoms in total. The van der Waals surface area contributed by atoms with Gasteiger partial charge in [-0.15, -0.1) is 0 Å². The molecule has 0 saturated heterocycles. The van der Waals surface area contributed by atoms with E-state index in [2.05, 4.69) is 170 Å². The van der Waals surface area contributed by atoms with Crippen LogP contribution in [0.2, 0.25) is 0 Å². The van der Waals surface area contributed by atoms with Crippen LogP contribution >= 0.6 is 30.6 Å². The summed E-state index contributed by atoms with van der Waals surface area (Å²) < 4.78 is 39.9. The Morgan fingerprint density at radius 3 is 0.967 bits per heavy atom. The summed E-state index contributed by atoms with van der Waals surface area (Å²) in [6.45, 7) is 7.74. The van der Waals surface area contributed by atoms with Gasteiger partial charge < -0.3 is 9.05 Å². The van der Waals surface area contributed by atoms with Gasteiger partial charge in [-0.3, -0.25) is 9.13 Å². The molecule has 0 amide bonds. The highest BCUT2D eigenvalue weighted by Gasteiger charge is 2.29. The summed E-state index contributed by atoms with van der Waals surface area (Å²) in [6, 6.07) is 65.0. The summed E-state index contributed by atoms with van der Waals surface area (Å²) in [6.07, 6.45) is 1.90. The van der Waals surface area contributed by atoms with Gasteiger partial charge in [0.05, 0.1) is 0 Å². The first-order chi connectivity index (χ1) is 29.3. The number of benzene rings is 8. The van der Waals surface area contributed by atoms with Gasteiger partial charge in [-0.25, -0.2) is 0 Å². The van der Waals surface area contributed by atoms with Gasteiger partial charge in [0.1, 0.15) is 11.5 Å². The molecular weight excluding hydrogens is 812 g/mol. The SMILES string of the molecule is CCP(=O)(CC)Oc1ccc2c(-c3c(P(c4ccccc4)c4ccccc4)ccc4cc(OP(=O)(CC)CC)ccc34)c(P(c3ccccc3)c3ccccc3)ccc2c1. The van der Waals surface area contributed by atoms with E-state index < -0.39 is 30.6 Å². The molecule has 0 aliphatic rings. The number of fused-ring (bicyclic) bond motifs is 2. The minimum atomic E-state index is -2.83. The predicted molar refractivity (Wildman–Crippen MR) is 263 cm³/mol. The molecule has 8 heteroatoms. The van der Waals surface area contributed by atoms with Crippen molar-refractivity contribution in [3.63, 3.8) is 0 Å². The van der Waals surface area contributed by atoms with Crippen molar-refractivity contribution in [1.82, 2.24) is 0 Å². The first-order valence-corrected chi connectivity index (χ1v) is 27.4. The Morgan fingerprint density at radius 1 is 0.383 bits per heavy atom. The summed E-state index contributed by atoms with van der Waals surface area (Å²) in [4.78, 5) is 0. The van der Waals surface area contributed by atoms with Crippen molar-refractivity contribution in [3.8, 4) is 22.6 Å². The predicted octanol–water partition coefficient (Wildman–Crippen LogP) is 12.6. The second-order valence-electron chi connectivity index (χ2n) is 14.8. The van der Waals surface area contributed by atoms with Crippen molar-refractivity contribution in [2.75, 3.05) is 24.6 Å². The van der Waals surface area contributed by atoms with Crippen molar-refractivity contribution in [2.45, 2.75) is 27.7 Å². The lowest BCUT2D eigenvalue weighted by atomic mass is 9.93. The van der Waals surface area contributed by atoms with E-state index in [-0.39, 0.29) is 0 Å². The molecule has 0 aliphatic carbocycles. The molecule has 0 fully saturated rings. The quantitative estimate of drug-likeness (QED) is 0.0964. The van der Waals surface area contributed by atoms with Crippen LogP contribution in [0.3, 0.4) is 0 Å². The zero-order chi connectivity index (χ0) is 41.7. The minimum absolute atomic E-state index is 0.476. The Kier molecular flexibility index (Phi) is 12.9. The van der Waals surface area contributed by atoms with E-state index in [1.165, 1.54) is 31.8 Å². The van der Waals surface area contributed by atoms with Crippen LogP contribution in [0.25, 0.3) is 32.7 Å². The second-order valence-corrected chi connectivity index (χ2v) is 25.3. The summed E-state index contributed by atoms with van der Waals surface area (Å²) in [5.41, 5.74) is 2.32. The molecule has 302 valence electrons. The standard InChI is InChI=1S/C52H50O4P4/c1-5-59(53,6-2)55-41-31-33-47-39(37-41)29-35-49(57(43-21-13-9-14-22-43)44-23-15-10-16-24-44)51(47)52-48-34-32-42(56-60(54,7-3)8-4)38-40(48)30-36-50(52)58(45-25-17-11-18-26-45)46-27-19-12-20-28-46/h9-38H,5-8H2,1-4H3. The zero-order valence-corrected chi connectivity index (χ0v) is 38.1. The molecule has 0 aliphatic heterocycles. The third-order valence-corrected chi connectivity index (χ3v) is 21.1. The lowest BCUT2D eigenvalue weighted by Gasteiger charge is -2.29.